The number of nitrogens with one attached hydrogen (secondary N) is 1. The number of carbonyl (C=O) groups excluding carboxylic acids is 1. The minimum atomic E-state index is -1.17. The summed E-state index contributed by atoms with van der Waals surface area (Å²) in [5.74, 6) is 0. The molecule has 7 heteroatoms. The Labute approximate surface area is 186 Å². The van der Waals surface area contributed by atoms with Crippen LogP contribution in [0.25, 0.3) is 0 Å². The summed E-state index contributed by atoms with van der Waals surface area (Å²) in [6.07, 6.45) is 2.42. The number of halogens is 1. The molecule has 1 heterocycles. The van der Waals surface area contributed by atoms with Crippen LogP contribution in [0.4, 0.5) is 4.79 Å². The third kappa shape index (κ3) is 5.12. The number of hydrogen-bond acceptors (Lipinski definition) is 4. The zero-order valence-electron chi connectivity index (χ0n) is 18.3. The predicted molar refractivity (Wildman–Crippen MR) is 121 cm³/mol. The second-order valence-electron chi connectivity index (χ2n) is 10.3. The van der Waals surface area contributed by atoms with Crippen molar-refractivity contribution in [3.8, 4) is 0 Å². The van der Waals surface area contributed by atoms with Gasteiger partial charge in [-0.1, -0.05) is 22.0 Å². The highest BCUT2D eigenvalue weighted by atomic mass is 79.9. The Hall–Kier alpha value is -0.760. The highest BCUT2D eigenvalue weighted by Crippen LogP contribution is 2.53. The first-order valence-electron chi connectivity index (χ1n) is 10.3. The molecule has 1 aromatic carbocycles. The van der Waals surface area contributed by atoms with E-state index in [1.165, 1.54) is 11.1 Å². The predicted octanol–water partition coefficient (Wildman–Crippen LogP) is 5.12. The van der Waals surface area contributed by atoms with Crippen molar-refractivity contribution in [3.05, 3.63) is 33.8 Å². The normalized spacial score (nSPS) is 22.5. The Morgan fingerprint density at radius 1 is 1.24 bits per heavy atom. The summed E-state index contributed by atoms with van der Waals surface area (Å²) in [6, 6.07) is 6.41. The summed E-state index contributed by atoms with van der Waals surface area (Å²) in [4.78, 5) is 14.3. The van der Waals surface area contributed by atoms with Crippen LogP contribution in [0.5, 0.6) is 0 Å². The zero-order chi connectivity index (χ0) is 21.6. The van der Waals surface area contributed by atoms with Gasteiger partial charge in [-0.15, -0.1) is 4.72 Å². The van der Waals surface area contributed by atoms with E-state index in [-0.39, 0.29) is 22.3 Å². The van der Waals surface area contributed by atoms with Crippen molar-refractivity contribution in [2.24, 2.45) is 5.41 Å². The minimum absolute atomic E-state index is 0.0100. The third-order valence-electron chi connectivity index (χ3n) is 5.77. The number of piperidine rings is 1. The number of ether oxygens (including phenoxy) is 1. The maximum absolute atomic E-state index is 13.0. The topological polar surface area (TPSA) is 64.6 Å². The van der Waals surface area contributed by atoms with Crippen molar-refractivity contribution in [2.45, 2.75) is 77.2 Å². The lowest BCUT2D eigenvalue weighted by Crippen LogP contribution is -2.51. The minimum Gasteiger partial charge on any atom is -0.598 e. The summed E-state index contributed by atoms with van der Waals surface area (Å²) in [5, 5.41) is 0. The Morgan fingerprint density at radius 3 is 2.41 bits per heavy atom. The quantitative estimate of drug-likeness (QED) is 0.591. The van der Waals surface area contributed by atoms with Gasteiger partial charge >= 0.3 is 6.09 Å². The molecule has 0 saturated carbocycles. The van der Waals surface area contributed by atoms with Crippen LogP contribution < -0.4 is 4.72 Å². The van der Waals surface area contributed by atoms with Gasteiger partial charge in [0.2, 0.25) is 0 Å². The molecule has 1 aromatic rings. The maximum Gasteiger partial charge on any atom is 0.410 e. The average molecular weight is 485 g/mol. The van der Waals surface area contributed by atoms with Gasteiger partial charge in [0.25, 0.3) is 0 Å². The molecule has 5 nitrogen and oxygen atoms in total. The van der Waals surface area contributed by atoms with Crippen LogP contribution in [0.15, 0.2) is 22.7 Å². The maximum atomic E-state index is 13.0. The summed E-state index contributed by atoms with van der Waals surface area (Å²) < 4.78 is 22.7. The van der Waals surface area contributed by atoms with Crippen LogP contribution in [0.1, 0.15) is 71.6 Å². The van der Waals surface area contributed by atoms with E-state index in [1.807, 2.05) is 46.4 Å². The van der Waals surface area contributed by atoms with Gasteiger partial charge in [-0.25, -0.2) is 4.79 Å². The van der Waals surface area contributed by atoms with E-state index < -0.39 is 17.0 Å². The molecule has 29 heavy (non-hydrogen) atoms. The van der Waals surface area contributed by atoms with E-state index in [9.17, 15) is 9.35 Å². The van der Waals surface area contributed by atoms with Gasteiger partial charge in [-0.3, -0.25) is 0 Å². The largest absolute Gasteiger partial charge is 0.598 e. The molecule has 0 bridgehead atoms. The van der Waals surface area contributed by atoms with Crippen molar-refractivity contribution >= 4 is 33.4 Å². The number of fused-ring (bicyclic) bond motifs is 1. The molecular formula is C22H33BrN2O3S. The van der Waals surface area contributed by atoms with Crippen LogP contribution in [0.3, 0.4) is 0 Å². The fourth-order valence-corrected chi connectivity index (χ4v) is 5.53. The monoisotopic (exact) mass is 484 g/mol. The van der Waals surface area contributed by atoms with Crippen molar-refractivity contribution in [3.63, 3.8) is 0 Å². The number of likely N-dealkylation sites (tertiary alicyclic amines) is 1. The van der Waals surface area contributed by atoms with Crippen molar-refractivity contribution in [1.29, 1.82) is 0 Å². The standard InChI is InChI=1S/C22H33BrN2O3S/c1-20(2,3)28-19(26)25-11-9-22(10-12-25)14-15-7-8-16(23)13-17(15)18(22)24-29(27)21(4,5)6/h7-8,13,18,24H,9-12,14H2,1-6H3/t18-,29-/m1/s1. The number of hydrogen-bond donors (Lipinski definition) is 1. The smallest absolute Gasteiger partial charge is 0.410 e. The summed E-state index contributed by atoms with van der Waals surface area (Å²) in [5.41, 5.74) is 2.00. The fourth-order valence-electron chi connectivity index (χ4n) is 4.21. The molecule has 1 saturated heterocycles. The van der Waals surface area contributed by atoms with E-state index in [2.05, 4.69) is 38.9 Å². The summed E-state index contributed by atoms with van der Waals surface area (Å²) in [7, 11) is 0. The van der Waals surface area contributed by atoms with E-state index >= 15 is 0 Å². The Bertz CT molecular complexity index is 764. The fraction of sp³-hybridized carbons (Fsp3) is 0.682. The first-order valence-corrected chi connectivity index (χ1v) is 12.2. The number of nitrogens with zero attached hydrogens (tertiary/aromatic N) is 1. The number of carbonyl (C=O) groups is 1. The molecule has 2 atom stereocenters. The van der Waals surface area contributed by atoms with Gasteiger partial charge in [0.15, 0.2) is 0 Å². The van der Waals surface area contributed by atoms with Crippen LogP contribution in [-0.4, -0.2) is 39.0 Å². The molecule has 1 aliphatic carbocycles. The molecule has 1 aliphatic heterocycles. The van der Waals surface area contributed by atoms with E-state index in [1.54, 1.807) is 0 Å². The molecule has 1 fully saturated rings. The third-order valence-corrected chi connectivity index (χ3v) is 7.82. The van der Waals surface area contributed by atoms with Crippen LogP contribution in [0.2, 0.25) is 0 Å². The van der Waals surface area contributed by atoms with Gasteiger partial charge in [-0.2, -0.15) is 0 Å². The lowest BCUT2D eigenvalue weighted by molar-refractivity contribution is 0.00716. The first kappa shape index (κ1) is 22.9. The second-order valence-corrected chi connectivity index (χ2v) is 13.2. The SMILES string of the molecule is CC(C)(C)OC(=O)N1CCC2(CC1)Cc1ccc(Br)cc1[C@H]2N[S@+]([O-])C(C)(C)C. The lowest BCUT2D eigenvalue weighted by atomic mass is 9.73. The van der Waals surface area contributed by atoms with Gasteiger partial charge in [0, 0.05) is 34.3 Å². The van der Waals surface area contributed by atoms with Gasteiger partial charge in [0.1, 0.15) is 10.3 Å². The van der Waals surface area contributed by atoms with Gasteiger partial charge < -0.3 is 14.2 Å². The Balaban J connectivity index is 1.81. The Morgan fingerprint density at radius 2 is 1.86 bits per heavy atom. The van der Waals surface area contributed by atoms with Crippen molar-refractivity contribution in [1.82, 2.24) is 9.62 Å². The molecule has 0 unspecified atom stereocenters. The lowest BCUT2D eigenvalue weighted by Gasteiger charge is -2.43. The van der Waals surface area contributed by atoms with Crippen molar-refractivity contribution in [2.75, 3.05) is 13.1 Å². The van der Waals surface area contributed by atoms with E-state index in [4.69, 9.17) is 4.74 Å². The molecule has 3 rings (SSSR count). The van der Waals surface area contributed by atoms with E-state index in [0.717, 1.165) is 23.7 Å². The summed E-state index contributed by atoms with van der Waals surface area (Å²) in [6.45, 7) is 13.0. The highest BCUT2D eigenvalue weighted by molar-refractivity contribution is 9.10. The second kappa shape index (κ2) is 8.06. The van der Waals surface area contributed by atoms with Crippen LogP contribution >= 0.6 is 15.9 Å². The number of amides is 1. The molecule has 1 amide bonds. The first-order chi connectivity index (χ1) is 13.3. The summed E-state index contributed by atoms with van der Waals surface area (Å²) >= 11 is 2.42. The van der Waals surface area contributed by atoms with Gasteiger partial charge in [-0.05, 0) is 84.1 Å². The molecule has 1 spiro atoms. The molecular weight excluding hydrogens is 452 g/mol. The van der Waals surface area contributed by atoms with Crippen molar-refractivity contribution < 1.29 is 14.1 Å². The van der Waals surface area contributed by atoms with Crippen LogP contribution in [0, 0.1) is 5.41 Å². The highest BCUT2D eigenvalue weighted by Gasteiger charge is 2.51. The molecule has 1 N–H and O–H groups in total. The molecule has 0 aromatic heterocycles. The molecule has 0 radical (unpaired) electrons. The molecule has 162 valence electrons. The zero-order valence-corrected chi connectivity index (χ0v) is 20.7. The number of rotatable bonds is 2. The average Bonchev–Trinajstić information content (AvgIpc) is 2.86. The van der Waals surface area contributed by atoms with Crippen LogP contribution in [-0.2, 0) is 22.5 Å². The number of benzene rings is 1. The van der Waals surface area contributed by atoms with E-state index in [0.29, 0.717) is 13.1 Å². The van der Waals surface area contributed by atoms with Gasteiger partial charge in [0.05, 0.1) is 6.04 Å². The Kier molecular flexibility index (Phi) is 6.37. The molecule has 2 aliphatic rings.